The minimum Gasteiger partial charge on any atom is -0.339 e. The number of hydrogen-bond donors (Lipinski definition) is 2. The lowest BCUT2D eigenvalue weighted by Gasteiger charge is -2.19. The molecule has 0 amide bonds. The monoisotopic (exact) mass is 353 g/mol. The molecule has 2 N–H and O–H groups in total. The fraction of sp³-hybridized carbons (Fsp3) is 0.211. The lowest BCUT2D eigenvalue weighted by atomic mass is 9.87. The van der Waals surface area contributed by atoms with Gasteiger partial charge in [-0.3, -0.25) is 0 Å². The van der Waals surface area contributed by atoms with Crippen molar-refractivity contribution < 1.29 is 0 Å². The molecule has 0 atom stereocenters. The molecule has 25 heavy (non-hydrogen) atoms. The number of benzene rings is 2. The van der Waals surface area contributed by atoms with E-state index in [4.69, 9.17) is 11.6 Å². The molecule has 1 aromatic heterocycles. The summed E-state index contributed by atoms with van der Waals surface area (Å²) in [6.45, 7) is 6.57. The highest BCUT2D eigenvalue weighted by Crippen LogP contribution is 2.25. The molecule has 0 spiro atoms. The van der Waals surface area contributed by atoms with E-state index in [1.807, 2.05) is 30.3 Å². The van der Waals surface area contributed by atoms with Crippen molar-refractivity contribution in [2.75, 3.05) is 10.6 Å². The van der Waals surface area contributed by atoms with Crippen LogP contribution >= 0.6 is 11.6 Å². The number of halogens is 1. The van der Waals surface area contributed by atoms with Crippen molar-refractivity contribution in [2.24, 2.45) is 0 Å². The summed E-state index contributed by atoms with van der Waals surface area (Å²) in [4.78, 5) is 4.42. The molecule has 0 aliphatic carbocycles. The predicted octanol–water partition coefficient (Wildman–Crippen LogP) is 5.31. The van der Waals surface area contributed by atoms with Crippen molar-refractivity contribution in [1.82, 2.24) is 15.2 Å². The van der Waals surface area contributed by atoms with Crippen LogP contribution in [0, 0.1) is 0 Å². The average Bonchev–Trinajstić information content (AvgIpc) is 2.57. The van der Waals surface area contributed by atoms with Gasteiger partial charge in [-0.25, -0.2) is 0 Å². The van der Waals surface area contributed by atoms with Crippen molar-refractivity contribution in [1.29, 1.82) is 0 Å². The van der Waals surface area contributed by atoms with Crippen molar-refractivity contribution in [3.63, 3.8) is 0 Å². The molecule has 0 radical (unpaired) electrons. The highest BCUT2D eigenvalue weighted by molar-refractivity contribution is 6.33. The Bertz CT molecular complexity index is 856. The smallest absolute Gasteiger partial charge is 0.249 e. The molecule has 1 heterocycles. The Hall–Kier alpha value is -2.66. The molecule has 0 aliphatic heterocycles. The first-order valence-corrected chi connectivity index (χ1v) is 8.38. The van der Waals surface area contributed by atoms with Gasteiger partial charge in [0.05, 0.1) is 16.9 Å². The number of nitrogens with one attached hydrogen (secondary N) is 2. The second kappa shape index (κ2) is 7.07. The number of rotatable bonds is 4. The lowest BCUT2D eigenvalue weighted by molar-refractivity contribution is 0.590. The molecule has 0 saturated heterocycles. The predicted molar refractivity (Wildman–Crippen MR) is 103 cm³/mol. The van der Waals surface area contributed by atoms with Gasteiger partial charge in [-0.1, -0.05) is 56.6 Å². The van der Waals surface area contributed by atoms with E-state index in [1.54, 1.807) is 12.3 Å². The third kappa shape index (κ3) is 4.45. The molecule has 5 nitrogen and oxygen atoms in total. The van der Waals surface area contributed by atoms with Crippen LogP contribution < -0.4 is 10.6 Å². The van der Waals surface area contributed by atoms with Gasteiger partial charge in [0.25, 0.3) is 0 Å². The maximum Gasteiger partial charge on any atom is 0.249 e. The summed E-state index contributed by atoms with van der Waals surface area (Å²) in [5.74, 6) is 0.984. The van der Waals surface area contributed by atoms with Crippen molar-refractivity contribution in [3.8, 4) is 0 Å². The maximum atomic E-state index is 6.14. The molecule has 0 unspecified atom stereocenters. The molecule has 128 valence electrons. The van der Waals surface area contributed by atoms with Gasteiger partial charge in [-0.15, -0.1) is 5.10 Å². The summed E-state index contributed by atoms with van der Waals surface area (Å²) in [5, 5.41) is 14.9. The Morgan fingerprint density at radius 1 is 0.920 bits per heavy atom. The minimum atomic E-state index is 0.126. The maximum absolute atomic E-state index is 6.14. The highest BCUT2D eigenvalue weighted by atomic mass is 35.5. The largest absolute Gasteiger partial charge is 0.339 e. The van der Waals surface area contributed by atoms with E-state index >= 15 is 0 Å². The topological polar surface area (TPSA) is 62.7 Å². The third-order valence-electron chi connectivity index (χ3n) is 3.70. The van der Waals surface area contributed by atoms with Crippen LogP contribution in [0.4, 0.5) is 23.1 Å². The first kappa shape index (κ1) is 17.2. The summed E-state index contributed by atoms with van der Waals surface area (Å²) >= 11 is 6.14. The quantitative estimate of drug-likeness (QED) is 0.665. The van der Waals surface area contributed by atoms with Crippen molar-refractivity contribution >= 4 is 34.7 Å². The Morgan fingerprint density at radius 3 is 2.32 bits per heavy atom. The molecule has 3 rings (SSSR count). The Kier molecular flexibility index (Phi) is 4.86. The van der Waals surface area contributed by atoms with E-state index in [9.17, 15) is 0 Å². The van der Waals surface area contributed by atoms with Gasteiger partial charge in [0.1, 0.15) is 0 Å². The van der Waals surface area contributed by atoms with Gasteiger partial charge in [-0.2, -0.15) is 10.1 Å². The van der Waals surface area contributed by atoms with Crippen molar-refractivity contribution in [2.45, 2.75) is 26.2 Å². The summed E-state index contributed by atoms with van der Waals surface area (Å²) < 4.78 is 0. The van der Waals surface area contributed by atoms with E-state index in [-0.39, 0.29) is 5.41 Å². The number of hydrogen-bond acceptors (Lipinski definition) is 5. The van der Waals surface area contributed by atoms with Crippen LogP contribution in [-0.4, -0.2) is 15.2 Å². The normalized spacial score (nSPS) is 11.2. The minimum absolute atomic E-state index is 0.126. The molecule has 0 aliphatic rings. The number of anilines is 4. The fourth-order valence-corrected chi connectivity index (χ4v) is 2.48. The van der Waals surface area contributed by atoms with Crippen LogP contribution in [0.5, 0.6) is 0 Å². The molecule has 3 aromatic rings. The van der Waals surface area contributed by atoms with E-state index in [0.29, 0.717) is 16.8 Å². The Balaban J connectivity index is 1.75. The first-order chi connectivity index (χ1) is 11.9. The number of aromatic nitrogens is 3. The van der Waals surface area contributed by atoms with Crippen LogP contribution in [0.2, 0.25) is 5.02 Å². The van der Waals surface area contributed by atoms with Gasteiger partial charge in [0, 0.05) is 5.69 Å². The molecule has 0 saturated carbocycles. The molecule has 0 bridgehead atoms. The van der Waals surface area contributed by atoms with Crippen LogP contribution in [0.1, 0.15) is 26.3 Å². The Morgan fingerprint density at radius 2 is 1.64 bits per heavy atom. The zero-order valence-corrected chi connectivity index (χ0v) is 15.2. The van der Waals surface area contributed by atoms with Gasteiger partial charge in [-0.05, 0) is 35.2 Å². The standard InChI is InChI=1S/C19H20ClN5/c1-19(2,3)13-8-10-14(11-9-13)22-17-12-21-25-18(24-17)23-16-7-5-4-6-15(16)20/h4-12H,1-3H3,(H2,22,23,24,25). The second-order valence-corrected chi connectivity index (χ2v) is 7.13. The molecular formula is C19H20ClN5. The summed E-state index contributed by atoms with van der Waals surface area (Å²) in [7, 11) is 0. The van der Waals surface area contributed by atoms with Crippen LogP contribution in [0.25, 0.3) is 0 Å². The number of para-hydroxylation sites is 1. The van der Waals surface area contributed by atoms with Crippen LogP contribution in [-0.2, 0) is 5.41 Å². The zero-order chi connectivity index (χ0) is 17.9. The summed E-state index contributed by atoms with van der Waals surface area (Å²) in [6.07, 6.45) is 1.58. The first-order valence-electron chi connectivity index (χ1n) is 8.01. The summed E-state index contributed by atoms with van der Waals surface area (Å²) in [6, 6.07) is 15.7. The van der Waals surface area contributed by atoms with E-state index in [2.05, 4.69) is 58.7 Å². The van der Waals surface area contributed by atoms with Crippen molar-refractivity contribution in [3.05, 3.63) is 65.3 Å². The lowest BCUT2D eigenvalue weighted by Crippen LogP contribution is -2.10. The Labute approximate surface area is 152 Å². The average molecular weight is 354 g/mol. The highest BCUT2D eigenvalue weighted by Gasteiger charge is 2.13. The molecule has 2 aromatic carbocycles. The second-order valence-electron chi connectivity index (χ2n) is 6.72. The van der Waals surface area contributed by atoms with Gasteiger partial charge in [0.15, 0.2) is 5.82 Å². The molecule has 0 fully saturated rings. The van der Waals surface area contributed by atoms with Crippen LogP contribution in [0.15, 0.2) is 54.7 Å². The van der Waals surface area contributed by atoms with Gasteiger partial charge >= 0.3 is 0 Å². The SMILES string of the molecule is CC(C)(C)c1ccc(Nc2cnnc(Nc3ccccc3Cl)n2)cc1. The van der Waals surface area contributed by atoms with Gasteiger partial charge in [0.2, 0.25) is 5.95 Å². The van der Waals surface area contributed by atoms with Crippen LogP contribution in [0.3, 0.4) is 0 Å². The van der Waals surface area contributed by atoms with E-state index < -0.39 is 0 Å². The summed E-state index contributed by atoms with van der Waals surface area (Å²) in [5.41, 5.74) is 3.08. The third-order valence-corrected chi connectivity index (χ3v) is 4.03. The fourth-order valence-electron chi connectivity index (χ4n) is 2.30. The molecule has 6 heteroatoms. The zero-order valence-electron chi connectivity index (χ0n) is 14.4. The number of nitrogens with zero attached hydrogens (tertiary/aromatic N) is 3. The molecular weight excluding hydrogens is 334 g/mol. The van der Waals surface area contributed by atoms with Gasteiger partial charge < -0.3 is 10.6 Å². The van der Waals surface area contributed by atoms with E-state index in [0.717, 1.165) is 11.4 Å². The van der Waals surface area contributed by atoms with E-state index in [1.165, 1.54) is 5.56 Å².